The molecule has 3 heteroatoms. The van der Waals surface area contributed by atoms with Gasteiger partial charge in [-0.1, -0.05) is 31.4 Å². The highest BCUT2D eigenvalue weighted by molar-refractivity contribution is 7.91. The van der Waals surface area contributed by atoms with Crippen LogP contribution in [-0.2, 0) is 11.2 Å². The van der Waals surface area contributed by atoms with Gasteiger partial charge < -0.3 is 4.55 Å². The van der Waals surface area contributed by atoms with Gasteiger partial charge in [-0.05, 0) is 19.8 Å². The summed E-state index contributed by atoms with van der Waals surface area (Å²) in [6.07, 6.45) is 1.19. The van der Waals surface area contributed by atoms with E-state index in [1.807, 2.05) is 0 Å². The highest BCUT2D eigenvalue weighted by Gasteiger charge is 2.34. The minimum atomic E-state index is -0.571. The van der Waals surface area contributed by atoms with Crippen molar-refractivity contribution in [3.63, 3.8) is 0 Å². The Morgan fingerprint density at radius 1 is 1.43 bits per heavy atom. The second-order valence-electron chi connectivity index (χ2n) is 4.60. The van der Waals surface area contributed by atoms with Crippen LogP contribution in [0.3, 0.4) is 0 Å². The van der Waals surface area contributed by atoms with E-state index in [1.54, 1.807) is 0 Å². The van der Waals surface area contributed by atoms with Crippen LogP contribution < -0.4 is 0 Å². The number of hydrogen-bond donors (Lipinski definition) is 0. The molecule has 1 aliphatic rings. The highest BCUT2D eigenvalue weighted by Crippen LogP contribution is 2.22. The van der Waals surface area contributed by atoms with Gasteiger partial charge in [0.25, 0.3) is 0 Å². The minimum absolute atomic E-state index is 0.537. The SMILES string of the molecule is CCC(C)[C@@H]1C[S+]([O-])CCN1C(C)C. The lowest BCUT2D eigenvalue weighted by Crippen LogP contribution is -2.53. The molecular weight excluding hydrogens is 194 g/mol. The van der Waals surface area contributed by atoms with Gasteiger partial charge in [-0.2, -0.15) is 0 Å². The molecule has 0 aliphatic carbocycles. The zero-order valence-corrected chi connectivity index (χ0v) is 10.6. The predicted molar refractivity (Wildman–Crippen MR) is 63.0 cm³/mol. The lowest BCUT2D eigenvalue weighted by Gasteiger charge is -2.41. The zero-order chi connectivity index (χ0) is 10.7. The third-order valence-corrected chi connectivity index (χ3v) is 4.68. The minimum Gasteiger partial charge on any atom is -0.616 e. The van der Waals surface area contributed by atoms with E-state index in [-0.39, 0.29) is 0 Å². The third kappa shape index (κ3) is 2.88. The first-order chi connectivity index (χ1) is 6.56. The van der Waals surface area contributed by atoms with Crippen LogP contribution in [0, 0.1) is 5.92 Å². The Balaban J connectivity index is 2.63. The number of hydrogen-bond acceptors (Lipinski definition) is 2. The van der Waals surface area contributed by atoms with Gasteiger partial charge in [-0.15, -0.1) is 0 Å². The Kier molecular flexibility index (Phi) is 4.74. The van der Waals surface area contributed by atoms with Crippen molar-refractivity contribution in [3.05, 3.63) is 0 Å². The molecule has 0 radical (unpaired) electrons. The summed E-state index contributed by atoms with van der Waals surface area (Å²) >= 11 is -0.571. The monoisotopic (exact) mass is 217 g/mol. The molecule has 0 amide bonds. The first kappa shape index (κ1) is 12.3. The molecule has 0 bridgehead atoms. The van der Waals surface area contributed by atoms with E-state index in [2.05, 4.69) is 32.6 Å². The predicted octanol–water partition coefficient (Wildman–Crippen LogP) is 1.87. The molecule has 0 spiro atoms. The Morgan fingerprint density at radius 2 is 2.07 bits per heavy atom. The van der Waals surface area contributed by atoms with Crippen molar-refractivity contribution in [1.29, 1.82) is 0 Å². The molecule has 14 heavy (non-hydrogen) atoms. The second kappa shape index (κ2) is 5.38. The van der Waals surface area contributed by atoms with Gasteiger partial charge in [0.1, 0.15) is 11.5 Å². The van der Waals surface area contributed by atoms with Crippen LogP contribution in [0.1, 0.15) is 34.1 Å². The van der Waals surface area contributed by atoms with Gasteiger partial charge >= 0.3 is 0 Å². The number of rotatable bonds is 3. The van der Waals surface area contributed by atoms with E-state index in [0.29, 0.717) is 18.0 Å². The zero-order valence-electron chi connectivity index (χ0n) is 9.82. The summed E-state index contributed by atoms with van der Waals surface area (Å²) in [7, 11) is 0. The Hall–Kier alpha value is 0.270. The van der Waals surface area contributed by atoms with E-state index in [9.17, 15) is 4.55 Å². The van der Waals surface area contributed by atoms with Gasteiger partial charge in [0.05, 0.1) is 6.04 Å². The van der Waals surface area contributed by atoms with Crippen molar-refractivity contribution >= 4 is 11.2 Å². The van der Waals surface area contributed by atoms with Crippen LogP contribution in [0.25, 0.3) is 0 Å². The summed E-state index contributed by atoms with van der Waals surface area (Å²) in [6, 6.07) is 1.13. The summed E-state index contributed by atoms with van der Waals surface area (Å²) in [4.78, 5) is 2.52. The molecule has 1 fully saturated rings. The maximum Gasteiger partial charge on any atom is 0.121 e. The Bertz CT molecular complexity index is 175. The molecule has 0 saturated carbocycles. The fourth-order valence-corrected chi connectivity index (χ4v) is 3.63. The van der Waals surface area contributed by atoms with E-state index < -0.39 is 11.2 Å². The molecule has 3 atom stereocenters. The largest absolute Gasteiger partial charge is 0.616 e. The average molecular weight is 217 g/mol. The maximum absolute atomic E-state index is 11.5. The molecule has 1 rings (SSSR count). The summed E-state index contributed by atoms with van der Waals surface area (Å²) < 4.78 is 11.5. The van der Waals surface area contributed by atoms with Crippen molar-refractivity contribution in [3.8, 4) is 0 Å². The van der Waals surface area contributed by atoms with E-state index >= 15 is 0 Å². The molecule has 0 aromatic rings. The van der Waals surface area contributed by atoms with Gasteiger partial charge in [-0.25, -0.2) is 0 Å². The van der Waals surface area contributed by atoms with Crippen molar-refractivity contribution in [2.24, 2.45) is 5.92 Å². The fraction of sp³-hybridized carbons (Fsp3) is 1.00. The van der Waals surface area contributed by atoms with Gasteiger partial charge in [-0.3, -0.25) is 4.90 Å². The van der Waals surface area contributed by atoms with Gasteiger partial charge in [0, 0.05) is 12.6 Å². The average Bonchev–Trinajstić information content (AvgIpc) is 2.16. The van der Waals surface area contributed by atoms with Crippen LogP contribution in [0.4, 0.5) is 0 Å². The molecule has 1 aliphatic heterocycles. The standard InChI is InChI=1S/C11H23NOS/c1-5-10(4)11-8-14(13)7-6-12(11)9(2)3/h9-11H,5-8H2,1-4H3/t10?,11-,14?/m0/s1. The van der Waals surface area contributed by atoms with Crippen molar-refractivity contribution in [1.82, 2.24) is 4.90 Å². The number of nitrogens with zero attached hydrogens (tertiary/aromatic N) is 1. The van der Waals surface area contributed by atoms with Gasteiger partial charge in [0.15, 0.2) is 0 Å². The Labute approximate surface area is 91.2 Å². The second-order valence-corrected chi connectivity index (χ2v) is 6.22. The van der Waals surface area contributed by atoms with Crippen molar-refractivity contribution < 1.29 is 4.55 Å². The summed E-state index contributed by atoms with van der Waals surface area (Å²) in [6.45, 7) is 10.00. The molecule has 1 heterocycles. The van der Waals surface area contributed by atoms with Crippen LogP contribution in [-0.4, -0.2) is 39.6 Å². The molecule has 0 aromatic carbocycles. The maximum atomic E-state index is 11.5. The fourth-order valence-electron chi connectivity index (χ4n) is 2.15. The first-order valence-corrected chi connectivity index (χ1v) is 7.15. The molecular formula is C11H23NOS. The topological polar surface area (TPSA) is 26.3 Å². The smallest absolute Gasteiger partial charge is 0.121 e. The summed E-state index contributed by atoms with van der Waals surface area (Å²) in [5.74, 6) is 2.42. The third-order valence-electron chi connectivity index (χ3n) is 3.32. The lowest BCUT2D eigenvalue weighted by molar-refractivity contribution is 0.126. The van der Waals surface area contributed by atoms with Crippen LogP contribution in [0.15, 0.2) is 0 Å². The molecule has 0 aromatic heterocycles. The lowest BCUT2D eigenvalue weighted by atomic mass is 9.98. The summed E-state index contributed by atoms with van der Waals surface area (Å²) in [5.41, 5.74) is 0. The van der Waals surface area contributed by atoms with Crippen LogP contribution >= 0.6 is 0 Å². The van der Waals surface area contributed by atoms with E-state index in [4.69, 9.17) is 0 Å². The van der Waals surface area contributed by atoms with E-state index in [0.717, 1.165) is 18.1 Å². The van der Waals surface area contributed by atoms with Crippen LogP contribution in [0.5, 0.6) is 0 Å². The highest BCUT2D eigenvalue weighted by atomic mass is 32.2. The Morgan fingerprint density at radius 3 is 2.57 bits per heavy atom. The van der Waals surface area contributed by atoms with Crippen LogP contribution in [0.2, 0.25) is 0 Å². The quantitative estimate of drug-likeness (QED) is 0.675. The van der Waals surface area contributed by atoms with Crippen molar-refractivity contribution in [2.45, 2.75) is 46.2 Å². The molecule has 2 nitrogen and oxygen atoms in total. The molecule has 0 N–H and O–H groups in total. The first-order valence-electron chi connectivity index (χ1n) is 5.67. The molecule has 84 valence electrons. The van der Waals surface area contributed by atoms with E-state index in [1.165, 1.54) is 6.42 Å². The van der Waals surface area contributed by atoms with Gasteiger partial charge in [0.2, 0.25) is 0 Å². The van der Waals surface area contributed by atoms with Crippen molar-refractivity contribution in [2.75, 3.05) is 18.1 Å². The molecule has 1 saturated heterocycles. The molecule has 2 unspecified atom stereocenters. The normalized spacial score (nSPS) is 32.1. The summed E-state index contributed by atoms with van der Waals surface area (Å²) in [5, 5.41) is 0.